The first-order valence-electron chi connectivity index (χ1n) is 11.3. The smallest absolute Gasteiger partial charge is 0.257 e. The van der Waals surface area contributed by atoms with E-state index in [9.17, 15) is 4.79 Å². The summed E-state index contributed by atoms with van der Waals surface area (Å²) in [4.78, 5) is 12.2. The average Bonchev–Trinajstić information content (AvgIpc) is 2.60. The number of unbranched alkanes of at least 4 members (excludes halogenated alkanes) is 2. The Bertz CT molecular complexity index is 434. The van der Waals surface area contributed by atoms with Crippen molar-refractivity contribution >= 4 is 14.6 Å². The van der Waals surface area contributed by atoms with E-state index in [2.05, 4.69) is 75.3 Å². The molecule has 0 radical (unpaired) electrons. The fourth-order valence-electron chi connectivity index (χ4n) is 4.84. The Labute approximate surface area is 171 Å². The quantitative estimate of drug-likeness (QED) is 0.168. The highest BCUT2D eigenvalue weighted by Gasteiger charge is 2.47. The van der Waals surface area contributed by atoms with Crippen molar-refractivity contribution in [1.82, 2.24) is 0 Å². The third-order valence-electron chi connectivity index (χ3n) is 7.08. The van der Waals surface area contributed by atoms with Crippen molar-refractivity contribution < 1.29 is 9.22 Å². The van der Waals surface area contributed by atoms with Gasteiger partial charge in [0.2, 0.25) is 0 Å². The molecule has 27 heavy (non-hydrogen) atoms. The first-order valence-corrected chi connectivity index (χ1v) is 13.4. The van der Waals surface area contributed by atoms with Crippen LogP contribution in [0.2, 0.25) is 16.6 Å². The molecule has 0 N–H and O–H groups in total. The van der Waals surface area contributed by atoms with Gasteiger partial charge in [-0.05, 0) is 35.5 Å². The zero-order valence-corrected chi connectivity index (χ0v) is 21.0. The van der Waals surface area contributed by atoms with Crippen molar-refractivity contribution in [3.63, 3.8) is 0 Å². The molecular weight excluding hydrogens is 348 g/mol. The topological polar surface area (TPSA) is 26.3 Å². The molecule has 0 aliphatic carbocycles. The highest BCUT2D eigenvalue weighted by molar-refractivity contribution is 6.77. The van der Waals surface area contributed by atoms with Crippen LogP contribution >= 0.6 is 0 Å². The van der Waals surface area contributed by atoms with Crippen LogP contribution in [-0.2, 0) is 9.22 Å². The Morgan fingerprint density at radius 1 is 0.815 bits per heavy atom. The van der Waals surface area contributed by atoms with Gasteiger partial charge in [0, 0.05) is 10.8 Å². The van der Waals surface area contributed by atoms with Gasteiger partial charge < -0.3 is 9.22 Å². The molecule has 160 valence electrons. The van der Waals surface area contributed by atoms with Gasteiger partial charge in [-0.3, -0.25) is 0 Å². The molecule has 0 spiro atoms. The van der Waals surface area contributed by atoms with Gasteiger partial charge in [0.15, 0.2) is 0 Å². The molecule has 0 aliphatic rings. The molecule has 0 aromatic carbocycles. The molecule has 0 amide bonds. The third-order valence-corrected chi connectivity index (χ3v) is 13.0. The summed E-state index contributed by atoms with van der Waals surface area (Å²) in [6.45, 7) is 22.7. The second-order valence-electron chi connectivity index (χ2n) is 9.90. The van der Waals surface area contributed by atoms with Gasteiger partial charge in [0.25, 0.3) is 8.32 Å². The van der Waals surface area contributed by atoms with E-state index >= 15 is 0 Å². The molecule has 0 aromatic heterocycles. The molecule has 2 atom stereocenters. The highest BCUT2D eigenvalue weighted by Crippen LogP contribution is 2.47. The predicted octanol–water partition coefficient (Wildman–Crippen LogP) is 8.28. The predicted molar refractivity (Wildman–Crippen MR) is 123 cm³/mol. The van der Waals surface area contributed by atoms with Gasteiger partial charge in [-0.25, -0.2) is 0 Å². The highest BCUT2D eigenvalue weighted by atomic mass is 28.4. The Hall–Kier alpha value is -0.573. The van der Waals surface area contributed by atoms with E-state index < -0.39 is 8.32 Å². The summed E-state index contributed by atoms with van der Waals surface area (Å²) in [5.41, 5.74) is 1.17. The zero-order valence-electron chi connectivity index (χ0n) is 20.0. The summed E-state index contributed by atoms with van der Waals surface area (Å²) >= 11 is 0. The second-order valence-corrected chi connectivity index (χ2v) is 15.3. The third kappa shape index (κ3) is 6.20. The van der Waals surface area contributed by atoms with Gasteiger partial charge in [-0.15, -0.1) is 0 Å². The maximum atomic E-state index is 12.2. The molecule has 0 fully saturated rings. The van der Waals surface area contributed by atoms with Crippen molar-refractivity contribution in [1.29, 1.82) is 0 Å². The lowest BCUT2D eigenvalue weighted by atomic mass is 9.61. The lowest BCUT2D eigenvalue weighted by Gasteiger charge is -2.43. The lowest BCUT2D eigenvalue weighted by Crippen LogP contribution is -2.46. The first-order chi connectivity index (χ1) is 12.5. The molecule has 0 bridgehead atoms. The van der Waals surface area contributed by atoms with Crippen LogP contribution in [0.5, 0.6) is 0 Å². The minimum absolute atomic E-state index is 0.162. The standard InChI is InChI=1S/C24H48O2Si/c1-11-13-15-23(9,24(10,19-25)16-14-12-2)17-18-26-27(20(3)4,21(5)6)22(7)8/h17-22H,11-16H2,1-10H3/b18-17+/t23-,24-/m0/s1. The normalized spacial score (nSPS) is 17.5. The summed E-state index contributed by atoms with van der Waals surface area (Å²) in [5.74, 6) is 0. The Morgan fingerprint density at radius 3 is 1.56 bits per heavy atom. The van der Waals surface area contributed by atoms with Crippen LogP contribution in [-0.4, -0.2) is 14.6 Å². The lowest BCUT2D eigenvalue weighted by molar-refractivity contribution is -0.121. The summed E-state index contributed by atoms with van der Waals surface area (Å²) in [5, 5.41) is 0. The Balaban J connectivity index is 5.81. The van der Waals surface area contributed by atoms with Crippen LogP contribution in [0, 0.1) is 10.8 Å². The maximum Gasteiger partial charge on any atom is 0.257 e. The number of hydrogen-bond acceptors (Lipinski definition) is 2. The Morgan fingerprint density at radius 2 is 1.22 bits per heavy atom. The number of aldehydes is 1. The zero-order chi connectivity index (χ0) is 21.3. The summed E-state index contributed by atoms with van der Waals surface area (Å²) in [6, 6.07) is 0. The minimum atomic E-state index is -1.93. The molecule has 2 nitrogen and oxygen atoms in total. The number of rotatable bonds is 14. The molecule has 0 rings (SSSR count). The van der Waals surface area contributed by atoms with E-state index in [1.165, 1.54) is 6.29 Å². The van der Waals surface area contributed by atoms with Gasteiger partial charge in [0.05, 0.1) is 6.26 Å². The van der Waals surface area contributed by atoms with Crippen molar-refractivity contribution in [3.05, 3.63) is 12.3 Å². The van der Waals surface area contributed by atoms with E-state index in [0.717, 1.165) is 38.5 Å². The largest absolute Gasteiger partial charge is 0.548 e. The molecule has 0 heterocycles. The number of carbonyl (C=O) groups excluding carboxylic acids is 1. The monoisotopic (exact) mass is 396 g/mol. The van der Waals surface area contributed by atoms with Crippen molar-refractivity contribution in [2.75, 3.05) is 0 Å². The second kappa shape index (κ2) is 11.4. The van der Waals surface area contributed by atoms with Gasteiger partial charge in [0.1, 0.15) is 6.29 Å². The molecule has 3 heteroatoms. The molecule has 0 aromatic rings. The summed E-state index contributed by atoms with van der Waals surface area (Å²) in [6.07, 6.45) is 11.9. The van der Waals surface area contributed by atoms with Crippen molar-refractivity contribution in [2.45, 2.75) is 124 Å². The van der Waals surface area contributed by atoms with Crippen LogP contribution in [0.4, 0.5) is 0 Å². The van der Waals surface area contributed by atoms with E-state index in [1.807, 2.05) is 6.26 Å². The molecule has 0 saturated heterocycles. The minimum Gasteiger partial charge on any atom is -0.548 e. The van der Waals surface area contributed by atoms with Gasteiger partial charge >= 0.3 is 0 Å². The number of allylic oxidation sites excluding steroid dienone is 1. The fourth-order valence-corrected chi connectivity index (χ4v) is 9.96. The SMILES string of the molecule is CCCC[C@@](C)(C=O)[C@](C)(/C=C/O[Si](C(C)C)(C(C)C)C(C)C)CCCC. The van der Waals surface area contributed by atoms with Gasteiger partial charge in [-0.1, -0.05) is 94.9 Å². The van der Waals surface area contributed by atoms with E-state index in [4.69, 9.17) is 4.43 Å². The van der Waals surface area contributed by atoms with Crippen LogP contribution < -0.4 is 0 Å². The fraction of sp³-hybridized carbons (Fsp3) is 0.875. The summed E-state index contributed by atoms with van der Waals surface area (Å²) in [7, 11) is -1.93. The van der Waals surface area contributed by atoms with Crippen LogP contribution in [0.1, 0.15) is 108 Å². The molecule has 0 aliphatic heterocycles. The van der Waals surface area contributed by atoms with Crippen LogP contribution in [0.15, 0.2) is 12.3 Å². The number of hydrogen-bond donors (Lipinski definition) is 0. The van der Waals surface area contributed by atoms with Crippen LogP contribution in [0.3, 0.4) is 0 Å². The van der Waals surface area contributed by atoms with Crippen LogP contribution in [0.25, 0.3) is 0 Å². The summed E-state index contributed by atoms with van der Waals surface area (Å²) < 4.78 is 6.68. The van der Waals surface area contributed by atoms with Crippen molar-refractivity contribution in [2.24, 2.45) is 10.8 Å². The number of carbonyl (C=O) groups is 1. The molecule has 0 unspecified atom stereocenters. The van der Waals surface area contributed by atoms with Gasteiger partial charge in [-0.2, -0.15) is 0 Å². The molecular formula is C24H48O2Si. The van der Waals surface area contributed by atoms with Crippen molar-refractivity contribution in [3.8, 4) is 0 Å². The average molecular weight is 397 g/mol. The van der Waals surface area contributed by atoms with E-state index in [1.54, 1.807) is 0 Å². The van der Waals surface area contributed by atoms with E-state index in [0.29, 0.717) is 16.6 Å². The molecule has 0 saturated carbocycles. The Kier molecular flexibility index (Phi) is 11.2. The first kappa shape index (κ1) is 26.4. The maximum absolute atomic E-state index is 12.2. The van der Waals surface area contributed by atoms with E-state index in [-0.39, 0.29) is 10.8 Å².